The van der Waals surface area contributed by atoms with Crippen LogP contribution in [0.2, 0.25) is 0 Å². The van der Waals surface area contributed by atoms with Crippen molar-refractivity contribution < 1.29 is 29.9 Å². The number of hydrogen-bond acceptors (Lipinski definition) is 7. The van der Waals surface area contributed by atoms with Gasteiger partial charge in [-0.1, -0.05) is 6.07 Å². The zero-order chi connectivity index (χ0) is 13.1. The second-order valence-electron chi connectivity index (χ2n) is 3.98. The van der Waals surface area contributed by atoms with Crippen molar-refractivity contribution in [2.24, 2.45) is 0 Å². The Morgan fingerprint density at radius 3 is 2.72 bits per heavy atom. The van der Waals surface area contributed by atoms with Crippen LogP contribution in [0.3, 0.4) is 0 Å². The molecule has 1 saturated heterocycles. The molecule has 2 rings (SSSR count). The van der Waals surface area contributed by atoms with Gasteiger partial charge in [0.25, 0.3) is 0 Å². The number of ether oxygens (including phenoxy) is 2. The van der Waals surface area contributed by atoms with Gasteiger partial charge < -0.3 is 29.9 Å². The number of hydrogen-bond donors (Lipinski definition) is 4. The topological polar surface area (TPSA) is 112 Å². The third-order valence-corrected chi connectivity index (χ3v) is 2.73. The minimum Gasteiger partial charge on any atom is -0.394 e. The van der Waals surface area contributed by atoms with Crippen molar-refractivity contribution in [3.63, 3.8) is 0 Å². The maximum absolute atomic E-state index is 9.75. The first kappa shape index (κ1) is 13.3. The first-order valence-corrected chi connectivity index (χ1v) is 5.49. The summed E-state index contributed by atoms with van der Waals surface area (Å²) in [5.74, 6) is 0. The lowest BCUT2D eigenvalue weighted by Gasteiger charge is -2.19. The summed E-state index contributed by atoms with van der Waals surface area (Å²) in [7, 11) is 0. The fourth-order valence-electron chi connectivity index (χ4n) is 1.71. The van der Waals surface area contributed by atoms with E-state index >= 15 is 0 Å². The van der Waals surface area contributed by atoms with E-state index in [9.17, 15) is 15.3 Å². The van der Waals surface area contributed by atoms with Crippen LogP contribution in [0.25, 0.3) is 0 Å². The van der Waals surface area contributed by atoms with Gasteiger partial charge in [0.2, 0.25) is 0 Å². The molecular weight excluding hydrogens is 242 g/mol. The Kier molecular flexibility index (Phi) is 4.23. The van der Waals surface area contributed by atoms with E-state index in [4.69, 9.17) is 14.6 Å². The molecule has 0 saturated carbocycles. The van der Waals surface area contributed by atoms with Gasteiger partial charge in [-0.25, -0.2) is 0 Å². The minimum absolute atomic E-state index is 0.398. The Labute approximate surface area is 103 Å². The van der Waals surface area contributed by atoms with E-state index in [-0.39, 0.29) is 0 Å². The van der Waals surface area contributed by atoms with Gasteiger partial charge in [-0.05, 0) is 6.07 Å². The SMILES string of the molecule is OC[C@H]1OC(OC(O)c2cccnc2)[C@H](O)[C@@H]1O. The van der Waals surface area contributed by atoms with Gasteiger partial charge in [0.1, 0.15) is 18.3 Å². The maximum Gasteiger partial charge on any atom is 0.190 e. The minimum atomic E-state index is -1.33. The van der Waals surface area contributed by atoms with Gasteiger partial charge in [-0.3, -0.25) is 4.98 Å². The summed E-state index contributed by atoms with van der Waals surface area (Å²) in [5, 5.41) is 37.8. The van der Waals surface area contributed by atoms with E-state index in [0.717, 1.165) is 0 Å². The molecule has 18 heavy (non-hydrogen) atoms. The highest BCUT2D eigenvalue weighted by atomic mass is 16.7. The van der Waals surface area contributed by atoms with Crippen LogP contribution in [-0.2, 0) is 9.47 Å². The Morgan fingerprint density at radius 1 is 1.39 bits per heavy atom. The average Bonchev–Trinajstić information content (AvgIpc) is 2.67. The van der Waals surface area contributed by atoms with E-state index in [2.05, 4.69) is 4.98 Å². The molecule has 0 aliphatic carbocycles. The van der Waals surface area contributed by atoms with Crippen molar-refractivity contribution in [2.75, 3.05) is 6.61 Å². The second kappa shape index (κ2) is 5.70. The lowest BCUT2D eigenvalue weighted by Crippen LogP contribution is -2.35. The summed E-state index contributed by atoms with van der Waals surface area (Å²) in [6, 6.07) is 3.22. The number of aromatic nitrogens is 1. The summed E-state index contributed by atoms with van der Waals surface area (Å²) < 4.78 is 10.2. The molecule has 1 aromatic heterocycles. The van der Waals surface area contributed by atoms with Crippen LogP contribution in [0.5, 0.6) is 0 Å². The second-order valence-corrected chi connectivity index (χ2v) is 3.98. The smallest absolute Gasteiger partial charge is 0.190 e. The molecule has 1 fully saturated rings. The number of pyridine rings is 1. The standard InChI is InChI=1S/C11H15NO6/c13-5-7-8(14)9(15)11(17-7)18-10(16)6-2-1-3-12-4-6/h1-4,7-11,13-16H,5H2/t7-,8-,9-,10?,11?/m1/s1. The molecule has 1 aliphatic heterocycles. The van der Waals surface area contributed by atoms with Crippen molar-refractivity contribution in [3.8, 4) is 0 Å². The van der Waals surface area contributed by atoms with Crippen molar-refractivity contribution in [1.82, 2.24) is 4.98 Å². The van der Waals surface area contributed by atoms with Crippen molar-refractivity contribution >= 4 is 0 Å². The van der Waals surface area contributed by atoms with Crippen molar-refractivity contribution in [1.29, 1.82) is 0 Å². The predicted molar refractivity (Wildman–Crippen MR) is 58.0 cm³/mol. The maximum atomic E-state index is 9.75. The molecule has 7 heteroatoms. The summed E-state index contributed by atoms with van der Waals surface area (Å²) >= 11 is 0. The van der Waals surface area contributed by atoms with Crippen LogP contribution in [0.1, 0.15) is 11.9 Å². The van der Waals surface area contributed by atoms with Gasteiger partial charge in [-0.2, -0.15) is 0 Å². The molecule has 5 atom stereocenters. The third kappa shape index (κ3) is 2.66. The molecule has 1 aliphatic rings. The molecule has 4 N–H and O–H groups in total. The van der Waals surface area contributed by atoms with Crippen LogP contribution in [-0.4, -0.2) is 56.6 Å². The fourth-order valence-corrected chi connectivity index (χ4v) is 1.71. The Bertz CT molecular complexity index is 375. The van der Waals surface area contributed by atoms with Crippen LogP contribution in [0.15, 0.2) is 24.5 Å². The van der Waals surface area contributed by atoms with Crippen LogP contribution in [0, 0.1) is 0 Å². The monoisotopic (exact) mass is 257 g/mol. The highest BCUT2D eigenvalue weighted by molar-refractivity contribution is 5.09. The van der Waals surface area contributed by atoms with E-state index in [0.29, 0.717) is 5.56 Å². The molecular formula is C11H15NO6. The molecule has 1 aromatic rings. The highest BCUT2D eigenvalue weighted by Gasteiger charge is 2.44. The quantitative estimate of drug-likeness (QED) is 0.487. The third-order valence-electron chi connectivity index (χ3n) is 2.73. The number of rotatable bonds is 4. The van der Waals surface area contributed by atoms with Crippen molar-refractivity contribution in [2.45, 2.75) is 30.9 Å². The largest absolute Gasteiger partial charge is 0.394 e. The van der Waals surface area contributed by atoms with Gasteiger partial charge in [0.15, 0.2) is 12.6 Å². The van der Waals surface area contributed by atoms with Crippen LogP contribution >= 0.6 is 0 Å². The summed E-state index contributed by atoms with van der Waals surface area (Å²) in [6.07, 6.45) is -3.08. The Balaban J connectivity index is 1.98. The number of aliphatic hydroxyl groups excluding tert-OH is 4. The van der Waals surface area contributed by atoms with E-state index in [1.807, 2.05) is 0 Å². The zero-order valence-corrected chi connectivity index (χ0v) is 9.46. The van der Waals surface area contributed by atoms with Crippen LogP contribution in [0.4, 0.5) is 0 Å². The van der Waals surface area contributed by atoms with Gasteiger partial charge in [0.05, 0.1) is 6.61 Å². The summed E-state index contributed by atoms with van der Waals surface area (Å²) in [5.41, 5.74) is 0.398. The Hall–Kier alpha value is -1.09. The number of aliphatic hydroxyl groups is 4. The van der Waals surface area contributed by atoms with Crippen molar-refractivity contribution in [3.05, 3.63) is 30.1 Å². The molecule has 0 bridgehead atoms. The molecule has 2 heterocycles. The molecule has 100 valence electrons. The molecule has 0 aromatic carbocycles. The number of nitrogens with zero attached hydrogens (tertiary/aromatic N) is 1. The molecule has 0 spiro atoms. The lowest BCUT2D eigenvalue weighted by molar-refractivity contribution is -0.247. The van der Waals surface area contributed by atoms with Gasteiger partial charge in [0, 0.05) is 18.0 Å². The van der Waals surface area contributed by atoms with E-state index in [1.165, 1.54) is 6.20 Å². The van der Waals surface area contributed by atoms with Gasteiger partial charge >= 0.3 is 0 Å². The van der Waals surface area contributed by atoms with E-state index < -0.39 is 37.5 Å². The van der Waals surface area contributed by atoms with Crippen LogP contribution < -0.4 is 0 Å². The Morgan fingerprint density at radius 2 is 2.17 bits per heavy atom. The molecule has 0 radical (unpaired) electrons. The summed E-state index contributed by atoms with van der Waals surface area (Å²) in [6.45, 7) is -0.443. The highest BCUT2D eigenvalue weighted by Crippen LogP contribution is 2.26. The molecule has 2 unspecified atom stereocenters. The van der Waals surface area contributed by atoms with Gasteiger partial charge in [-0.15, -0.1) is 0 Å². The normalized spacial score (nSPS) is 33.6. The lowest BCUT2D eigenvalue weighted by atomic mass is 10.1. The molecule has 7 nitrogen and oxygen atoms in total. The summed E-state index contributed by atoms with van der Waals surface area (Å²) in [4.78, 5) is 3.81. The predicted octanol–water partition coefficient (Wildman–Crippen LogP) is -1.47. The van der Waals surface area contributed by atoms with E-state index in [1.54, 1.807) is 18.3 Å². The first-order chi connectivity index (χ1) is 8.63. The average molecular weight is 257 g/mol. The zero-order valence-electron chi connectivity index (χ0n) is 9.46. The fraction of sp³-hybridized carbons (Fsp3) is 0.545. The molecule has 0 amide bonds. The first-order valence-electron chi connectivity index (χ1n) is 5.49.